The third-order valence-electron chi connectivity index (χ3n) is 4.61. The van der Waals surface area contributed by atoms with Gasteiger partial charge in [0.25, 0.3) is 5.91 Å². The van der Waals surface area contributed by atoms with E-state index in [9.17, 15) is 13.2 Å². The molecule has 0 aliphatic carbocycles. The van der Waals surface area contributed by atoms with Gasteiger partial charge >= 0.3 is 0 Å². The highest BCUT2D eigenvalue weighted by Crippen LogP contribution is 2.18. The summed E-state index contributed by atoms with van der Waals surface area (Å²) in [6.07, 6.45) is 3.33. The molecular weight excluding hydrogens is 372 g/mol. The summed E-state index contributed by atoms with van der Waals surface area (Å²) in [5.74, 6) is -0.111. The van der Waals surface area contributed by atoms with Gasteiger partial charge in [0.05, 0.1) is 4.90 Å². The highest BCUT2D eigenvalue weighted by molar-refractivity contribution is 7.89. The van der Waals surface area contributed by atoms with Crippen LogP contribution in [0.4, 0.5) is 0 Å². The predicted octanol–water partition coefficient (Wildman–Crippen LogP) is 3.98. The van der Waals surface area contributed by atoms with Crippen LogP contribution in [0.2, 0.25) is 0 Å². The fourth-order valence-corrected chi connectivity index (χ4v) is 4.28. The van der Waals surface area contributed by atoms with E-state index in [0.29, 0.717) is 5.56 Å². The Balaban J connectivity index is 2.16. The Morgan fingerprint density at radius 2 is 1.68 bits per heavy atom. The van der Waals surface area contributed by atoms with E-state index in [2.05, 4.69) is 11.9 Å². The molecule has 1 amide bonds. The molecule has 0 radical (unpaired) electrons. The second-order valence-corrected chi connectivity index (χ2v) is 8.52. The van der Waals surface area contributed by atoms with Gasteiger partial charge in [-0.25, -0.2) is 8.42 Å². The largest absolute Gasteiger partial charge is 0.349 e. The Kier molecular flexibility index (Phi) is 7.96. The third-order valence-corrected chi connectivity index (χ3v) is 6.44. The normalized spacial score (nSPS) is 11.6. The summed E-state index contributed by atoms with van der Waals surface area (Å²) in [5, 5.41) is 3.00. The molecule has 28 heavy (non-hydrogen) atoms. The van der Waals surface area contributed by atoms with Crippen molar-refractivity contribution in [3.63, 3.8) is 0 Å². The fourth-order valence-electron chi connectivity index (χ4n) is 2.86. The van der Waals surface area contributed by atoms with Crippen LogP contribution in [0.1, 0.15) is 42.6 Å². The first-order valence-electron chi connectivity index (χ1n) is 9.48. The Bertz CT molecular complexity index is 874. The summed E-state index contributed by atoms with van der Waals surface area (Å²) in [6, 6.07) is 15.5. The fraction of sp³-hybridized carbons (Fsp3) is 0.318. The average molecular weight is 401 g/mol. The Hall–Kier alpha value is -2.44. The molecule has 0 bridgehead atoms. The number of nitrogens with one attached hydrogen (secondary N) is 1. The van der Waals surface area contributed by atoms with Crippen LogP contribution in [0, 0.1) is 0 Å². The summed E-state index contributed by atoms with van der Waals surface area (Å²) >= 11 is 0. The molecule has 150 valence electrons. The summed E-state index contributed by atoms with van der Waals surface area (Å²) in [7, 11) is -3.63. The second kappa shape index (κ2) is 10.2. The topological polar surface area (TPSA) is 66.5 Å². The Morgan fingerprint density at radius 1 is 1.07 bits per heavy atom. The molecule has 0 saturated carbocycles. The van der Waals surface area contributed by atoms with Crippen LogP contribution in [0.25, 0.3) is 0 Å². The number of amides is 1. The van der Waals surface area contributed by atoms with E-state index < -0.39 is 10.0 Å². The molecular formula is C22H28N2O3S. The lowest BCUT2D eigenvalue weighted by atomic mass is 10.1. The molecule has 5 nitrogen and oxygen atoms in total. The van der Waals surface area contributed by atoms with E-state index in [4.69, 9.17) is 0 Å². The minimum atomic E-state index is -3.63. The van der Waals surface area contributed by atoms with Gasteiger partial charge in [0.15, 0.2) is 0 Å². The molecule has 0 unspecified atom stereocenters. The van der Waals surface area contributed by atoms with Crippen molar-refractivity contribution in [1.82, 2.24) is 9.62 Å². The van der Waals surface area contributed by atoms with Crippen molar-refractivity contribution in [1.29, 1.82) is 0 Å². The average Bonchev–Trinajstić information content (AvgIpc) is 2.72. The van der Waals surface area contributed by atoms with Gasteiger partial charge in [0, 0.05) is 24.7 Å². The molecule has 0 aliphatic rings. The molecule has 1 N–H and O–H groups in total. The first-order chi connectivity index (χ1) is 13.4. The van der Waals surface area contributed by atoms with Crippen LogP contribution in [0.15, 0.2) is 72.1 Å². The third kappa shape index (κ3) is 5.53. The highest BCUT2D eigenvalue weighted by atomic mass is 32.2. The van der Waals surface area contributed by atoms with Crippen molar-refractivity contribution >= 4 is 15.9 Å². The van der Waals surface area contributed by atoms with Crippen molar-refractivity contribution in [2.24, 2.45) is 0 Å². The number of carbonyl (C=O) groups excluding carboxylic acids is 1. The van der Waals surface area contributed by atoms with E-state index in [1.54, 1.807) is 60.7 Å². The van der Waals surface area contributed by atoms with Crippen molar-refractivity contribution in [2.45, 2.75) is 44.2 Å². The number of carbonyl (C=O) groups is 1. The number of sulfonamides is 1. The minimum Gasteiger partial charge on any atom is -0.349 e. The summed E-state index contributed by atoms with van der Waals surface area (Å²) < 4.78 is 27.2. The molecule has 0 spiro atoms. The van der Waals surface area contributed by atoms with Crippen molar-refractivity contribution in [3.8, 4) is 0 Å². The smallest absolute Gasteiger partial charge is 0.251 e. The zero-order valence-corrected chi connectivity index (χ0v) is 17.3. The van der Waals surface area contributed by atoms with Crippen molar-refractivity contribution in [3.05, 3.63) is 78.4 Å². The minimum absolute atomic E-state index is 0.111. The number of hydrogen-bond donors (Lipinski definition) is 1. The Morgan fingerprint density at radius 3 is 2.21 bits per heavy atom. The zero-order chi connectivity index (χ0) is 20.6. The van der Waals surface area contributed by atoms with E-state index in [1.165, 1.54) is 4.31 Å². The van der Waals surface area contributed by atoms with Crippen LogP contribution < -0.4 is 5.32 Å². The molecule has 2 aromatic rings. The van der Waals surface area contributed by atoms with Crippen LogP contribution in [-0.4, -0.2) is 31.2 Å². The first kappa shape index (κ1) is 21.9. The standard InChI is InChI=1S/C22H28N2O3S/c1-4-16-24(28(26,27)21-10-8-7-9-11-21)17-18-12-14-19(15-13-18)22(25)23-20(5-2)6-3/h4,7-15,20H,1,5-6,16-17H2,2-3H3,(H,23,25). The number of rotatable bonds is 10. The zero-order valence-electron chi connectivity index (χ0n) is 16.5. The second-order valence-electron chi connectivity index (χ2n) is 6.58. The molecule has 0 atom stereocenters. The van der Waals surface area contributed by atoms with E-state index in [0.717, 1.165) is 18.4 Å². The van der Waals surface area contributed by atoms with Gasteiger partial charge in [-0.05, 0) is 42.7 Å². The van der Waals surface area contributed by atoms with Crippen LogP contribution in [0.5, 0.6) is 0 Å². The van der Waals surface area contributed by atoms with Gasteiger partial charge in [-0.15, -0.1) is 6.58 Å². The molecule has 0 fully saturated rings. The lowest BCUT2D eigenvalue weighted by Crippen LogP contribution is -2.33. The van der Waals surface area contributed by atoms with Gasteiger partial charge < -0.3 is 5.32 Å². The maximum absolute atomic E-state index is 12.9. The van der Waals surface area contributed by atoms with Gasteiger partial charge in [0.2, 0.25) is 10.0 Å². The SMILES string of the molecule is C=CCN(Cc1ccc(C(=O)NC(CC)CC)cc1)S(=O)(=O)c1ccccc1. The monoisotopic (exact) mass is 400 g/mol. The van der Waals surface area contributed by atoms with Gasteiger partial charge in [0.1, 0.15) is 0 Å². The molecule has 2 aromatic carbocycles. The van der Waals surface area contributed by atoms with Gasteiger partial charge in [-0.3, -0.25) is 4.79 Å². The van der Waals surface area contributed by atoms with Gasteiger partial charge in [-0.2, -0.15) is 4.31 Å². The van der Waals surface area contributed by atoms with Crippen LogP contribution in [0.3, 0.4) is 0 Å². The molecule has 0 aliphatic heterocycles. The maximum Gasteiger partial charge on any atom is 0.251 e. The van der Waals surface area contributed by atoms with Gasteiger partial charge in [-0.1, -0.05) is 50.3 Å². The quantitative estimate of drug-likeness (QED) is 0.614. The predicted molar refractivity (Wildman–Crippen MR) is 113 cm³/mol. The van der Waals surface area contributed by atoms with E-state index >= 15 is 0 Å². The van der Waals surface area contributed by atoms with Crippen molar-refractivity contribution < 1.29 is 13.2 Å². The molecule has 6 heteroatoms. The van der Waals surface area contributed by atoms with E-state index in [1.807, 2.05) is 13.8 Å². The molecule has 0 aromatic heterocycles. The van der Waals surface area contributed by atoms with Crippen molar-refractivity contribution in [2.75, 3.05) is 6.54 Å². The number of benzene rings is 2. The first-order valence-corrected chi connectivity index (χ1v) is 10.9. The summed E-state index contributed by atoms with van der Waals surface area (Å²) in [5.41, 5.74) is 1.37. The van der Waals surface area contributed by atoms with Crippen LogP contribution >= 0.6 is 0 Å². The lowest BCUT2D eigenvalue weighted by molar-refractivity contribution is 0.0935. The molecule has 0 heterocycles. The molecule has 0 saturated heterocycles. The summed E-state index contributed by atoms with van der Waals surface area (Å²) in [6.45, 7) is 8.16. The lowest BCUT2D eigenvalue weighted by Gasteiger charge is -2.21. The van der Waals surface area contributed by atoms with E-state index in [-0.39, 0.29) is 29.9 Å². The Labute approximate surface area is 168 Å². The number of hydrogen-bond acceptors (Lipinski definition) is 3. The maximum atomic E-state index is 12.9. The number of nitrogens with zero attached hydrogens (tertiary/aromatic N) is 1. The van der Waals surface area contributed by atoms with Crippen LogP contribution in [-0.2, 0) is 16.6 Å². The highest BCUT2D eigenvalue weighted by Gasteiger charge is 2.23. The molecule has 2 rings (SSSR count). The summed E-state index contributed by atoms with van der Waals surface area (Å²) in [4.78, 5) is 12.6.